The van der Waals surface area contributed by atoms with Crippen molar-refractivity contribution in [3.05, 3.63) is 64.2 Å². The lowest BCUT2D eigenvalue weighted by molar-refractivity contribution is -0.120. The number of aromatic nitrogens is 1. The van der Waals surface area contributed by atoms with Gasteiger partial charge in [0, 0.05) is 10.4 Å². The lowest BCUT2D eigenvalue weighted by Gasteiger charge is -2.02. The number of rotatable bonds is 5. The van der Waals surface area contributed by atoms with E-state index in [1.807, 2.05) is 42.6 Å². The van der Waals surface area contributed by atoms with E-state index in [0.29, 0.717) is 18.1 Å². The van der Waals surface area contributed by atoms with Gasteiger partial charge in [-0.3, -0.25) is 4.79 Å². The first-order valence-corrected chi connectivity index (χ1v) is 7.90. The number of oxazole rings is 1. The molecule has 5 heteroatoms. The lowest BCUT2D eigenvalue weighted by Crippen LogP contribution is -2.24. The second kappa shape index (κ2) is 6.58. The average molecular weight is 312 g/mol. The van der Waals surface area contributed by atoms with Crippen LogP contribution >= 0.6 is 11.3 Å². The van der Waals surface area contributed by atoms with Crippen LogP contribution in [0.15, 0.2) is 52.5 Å². The first-order valence-electron chi connectivity index (χ1n) is 7.02. The van der Waals surface area contributed by atoms with Crippen molar-refractivity contribution < 1.29 is 9.21 Å². The van der Waals surface area contributed by atoms with Crippen LogP contribution in [-0.2, 0) is 17.8 Å². The van der Waals surface area contributed by atoms with Gasteiger partial charge in [0.25, 0.3) is 0 Å². The SMILES string of the molecule is Cc1ccsc1CNC(=O)Cc1coc(-c2ccccc2)n1. The molecular weight excluding hydrogens is 296 g/mol. The number of nitrogens with zero attached hydrogens (tertiary/aromatic N) is 1. The number of hydrogen-bond acceptors (Lipinski definition) is 4. The van der Waals surface area contributed by atoms with Crippen LogP contribution in [0, 0.1) is 6.92 Å². The number of carbonyl (C=O) groups excluding carboxylic acids is 1. The lowest BCUT2D eigenvalue weighted by atomic mass is 10.2. The summed E-state index contributed by atoms with van der Waals surface area (Å²) in [4.78, 5) is 17.5. The standard InChI is InChI=1S/C17H16N2O2S/c1-12-7-8-22-15(12)10-18-16(20)9-14-11-21-17(19-14)13-5-3-2-4-6-13/h2-8,11H,9-10H2,1H3,(H,18,20). The second-order valence-electron chi connectivity index (χ2n) is 4.99. The minimum atomic E-state index is -0.0549. The molecule has 2 aromatic heterocycles. The largest absolute Gasteiger partial charge is 0.444 e. The number of carbonyl (C=O) groups is 1. The first kappa shape index (κ1) is 14.5. The molecule has 1 aromatic carbocycles. The Balaban J connectivity index is 1.58. The van der Waals surface area contributed by atoms with Gasteiger partial charge < -0.3 is 9.73 Å². The van der Waals surface area contributed by atoms with Gasteiger partial charge in [-0.25, -0.2) is 4.98 Å². The van der Waals surface area contributed by atoms with E-state index in [4.69, 9.17) is 4.42 Å². The highest BCUT2D eigenvalue weighted by molar-refractivity contribution is 7.10. The normalized spacial score (nSPS) is 10.6. The van der Waals surface area contributed by atoms with E-state index in [0.717, 1.165) is 5.56 Å². The Morgan fingerprint density at radius 3 is 2.82 bits per heavy atom. The Morgan fingerprint density at radius 2 is 2.09 bits per heavy atom. The van der Waals surface area contributed by atoms with E-state index in [-0.39, 0.29) is 12.3 Å². The van der Waals surface area contributed by atoms with Crippen molar-refractivity contribution in [1.29, 1.82) is 0 Å². The third-order valence-corrected chi connectivity index (χ3v) is 4.35. The monoisotopic (exact) mass is 312 g/mol. The maximum atomic E-state index is 12.0. The molecule has 2 heterocycles. The predicted molar refractivity (Wildman–Crippen MR) is 86.5 cm³/mol. The van der Waals surface area contributed by atoms with Crippen molar-refractivity contribution in [1.82, 2.24) is 10.3 Å². The molecular formula is C17H16N2O2S. The molecule has 0 atom stereocenters. The Labute approximate surface area is 132 Å². The van der Waals surface area contributed by atoms with Crippen molar-refractivity contribution in [3.8, 4) is 11.5 Å². The first-order chi connectivity index (χ1) is 10.7. The molecule has 1 amide bonds. The summed E-state index contributed by atoms with van der Waals surface area (Å²) in [6.07, 6.45) is 1.76. The van der Waals surface area contributed by atoms with Crippen LogP contribution in [0.25, 0.3) is 11.5 Å². The molecule has 0 saturated carbocycles. The molecule has 0 radical (unpaired) electrons. The van der Waals surface area contributed by atoms with Crippen molar-refractivity contribution in [2.24, 2.45) is 0 Å². The molecule has 3 aromatic rings. The number of aryl methyl sites for hydroxylation is 1. The molecule has 1 N–H and O–H groups in total. The molecule has 0 aliphatic carbocycles. The summed E-state index contributed by atoms with van der Waals surface area (Å²) in [5.41, 5.74) is 2.75. The fourth-order valence-electron chi connectivity index (χ4n) is 2.09. The van der Waals surface area contributed by atoms with Crippen LogP contribution in [0.4, 0.5) is 0 Å². The zero-order valence-electron chi connectivity index (χ0n) is 12.2. The molecule has 0 aliphatic rings. The highest BCUT2D eigenvalue weighted by atomic mass is 32.1. The minimum absolute atomic E-state index is 0.0549. The third-order valence-electron chi connectivity index (χ3n) is 3.33. The van der Waals surface area contributed by atoms with Crippen LogP contribution < -0.4 is 5.32 Å². The Bertz CT molecular complexity index is 762. The van der Waals surface area contributed by atoms with Crippen LogP contribution in [0.1, 0.15) is 16.1 Å². The summed E-state index contributed by atoms with van der Waals surface area (Å²) in [5, 5.41) is 4.94. The molecule has 4 nitrogen and oxygen atoms in total. The Kier molecular flexibility index (Phi) is 4.34. The molecule has 0 bridgehead atoms. The minimum Gasteiger partial charge on any atom is -0.444 e. The summed E-state index contributed by atoms with van der Waals surface area (Å²) < 4.78 is 5.43. The molecule has 0 spiro atoms. The van der Waals surface area contributed by atoms with E-state index in [1.54, 1.807) is 11.3 Å². The maximum Gasteiger partial charge on any atom is 0.226 e. The van der Waals surface area contributed by atoms with E-state index in [2.05, 4.69) is 16.4 Å². The van der Waals surface area contributed by atoms with E-state index >= 15 is 0 Å². The van der Waals surface area contributed by atoms with E-state index in [9.17, 15) is 4.79 Å². The van der Waals surface area contributed by atoms with Crippen LogP contribution in [0.2, 0.25) is 0 Å². The summed E-state index contributed by atoms with van der Waals surface area (Å²) in [7, 11) is 0. The number of amides is 1. The van der Waals surface area contributed by atoms with Gasteiger partial charge in [0.15, 0.2) is 0 Å². The summed E-state index contributed by atoms with van der Waals surface area (Å²) >= 11 is 1.65. The molecule has 0 fully saturated rings. The smallest absolute Gasteiger partial charge is 0.226 e. The van der Waals surface area contributed by atoms with Crippen LogP contribution in [-0.4, -0.2) is 10.9 Å². The van der Waals surface area contributed by atoms with Crippen molar-refractivity contribution in [3.63, 3.8) is 0 Å². The Morgan fingerprint density at radius 1 is 1.27 bits per heavy atom. The average Bonchev–Trinajstić information content (AvgIpc) is 3.15. The van der Waals surface area contributed by atoms with Gasteiger partial charge in [-0.1, -0.05) is 18.2 Å². The number of benzene rings is 1. The van der Waals surface area contributed by atoms with Gasteiger partial charge in [-0.2, -0.15) is 0 Å². The van der Waals surface area contributed by atoms with Crippen molar-refractivity contribution in [2.75, 3.05) is 0 Å². The van der Waals surface area contributed by atoms with Gasteiger partial charge in [0.1, 0.15) is 6.26 Å². The van der Waals surface area contributed by atoms with E-state index in [1.165, 1.54) is 16.7 Å². The van der Waals surface area contributed by atoms with E-state index < -0.39 is 0 Å². The quantitative estimate of drug-likeness (QED) is 0.783. The molecule has 0 aliphatic heterocycles. The number of hydrogen-bond donors (Lipinski definition) is 1. The predicted octanol–water partition coefficient (Wildman–Crippen LogP) is 3.57. The number of thiophene rings is 1. The molecule has 3 rings (SSSR count). The summed E-state index contributed by atoms with van der Waals surface area (Å²) in [6, 6.07) is 11.7. The third kappa shape index (κ3) is 3.43. The van der Waals surface area contributed by atoms with Crippen molar-refractivity contribution in [2.45, 2.75) is 19.9 Å². The van der Waals surface area contributed by atoms with Gasteiger partial charge >= 0.3 is 0 Å². The van der Waals surface area contributed by atoms with Gasteiger partial charge in [-0.15, -0.1) is 11.3 Å². The molecule has 22 heavy (non-hydrogen) atoms. The van der Waals surface area contributed by atoms with Crippen molar-refractivity contribution >= 4 is 17.2 Å². The highest BCUT2D eigenvalue weighted by Gasteiger charge is 2.10. The van der Waals surface area contributed by atoms with Crippen LogP contribution in [0.3, 0.4) is 0 Å². The highest BCUT2D eigenvalue weighted by Crippen LogP contribution is 2.18. The van der Waals surface area contributed by atoms with Gasteiger partial charge in [0.05, 0.1) is 18.7 Å². The van der Waals surface area contributed by atoms with Gasteiger partial charge in [0.2, 0.25) is 11.8 Å². The molecule has 112 valence electrons. The molecule has 0 unspecified atom stereocenters. The fourth-order valence-corrected chi connectivity index (χ4v) is 2.94. The van der Waals surface area contributed by atoms with Gasteiger partial charge in [-0.05, 0) is 36.1 Å². The Hall–Kier alpha value is -2.40. The second-order valence-corrected chi connectivity index (χ2v) is 5.99. The van der Waals surface area contributed by atoms with Crippen LogP contribution in [0.5, 0.6) is 0 Å². The maximum absolute atomic E-state index is 12.0. The topological polar surface area (TPSA) is 55.1 Å². The molecule has 0 saturated heterocycles. The number of nitrogens with one attached hydrogen (secondary N) is 1. The summed E-state index contributed by atoms with van der Waals surface area (Å²) in [6.45, 7) is 2.60. The summed E-state index contributed by atoms with van der Waals surface area (Å²) in [5.74, 6) is 0.484. The zero-order valence-corrected chi connectivity index (χ0v) is 13.0. The fraction of sp³-hybridized carbons (Fsp3) is 0.176. The zero-order chi connectivity index (χ0) is 15.4.